The van der Waals surface area contributed by atoms with Gasteiger partial charge in [0, 0.05) is 24.9 Å². The van der Waals surface area contributed by atoms with Gasteiger partial charge >= 0.3 is 0 Å². The molecule has 1 aromatic rings. The largest absolute Gasteiger partial charge is 0.314 e. The molecule has 100 valence electrons. The predicted octanol–water partition coefficient (Wildman–Crippen LogP) is 3.54. The van der Waals surface area contributed by atoms with Gasteiger partial charge in [-0.3, -0.25) is 4.98 Å². The Bertz CT molecular complexity index is 389. The molecule has 0 bridgehead atoms. The Labute approximate surface area is 113 Å². The number of rotatable bonds is 4. The quantitative estimate of drug-likeness (QED) is 0.905. The number of hydrogen-bond acceptors (Lipinski definition) is 2. The van der Waals surface area contributed by atoms with Crippen molar-refractivity contribution in [2.45, 2.75) is 50.7 Å². The lowest BCUT2D eigenvalue weighted by Gasteiger charge is -2.30. The Balaban J connectivity index is 1.96. The van der Waals surface area contributed by atoms with E-state index < -0.39 is 5.67 Å². The highest BCUT2D eigenvalue weighted by molar-refractivity contribution is 6.31. The first-order valence-corrected chi connectivity index (χ1v) is 6.95. The van der Waals surface area contributed by atoms with Crippen molar-refractivity contribution in [3.8, 4) is 0 Å². The summed E-state index contributed by atoms with van der Waals surface area (Å²) in [6, 6.07) is 2.10. The number of halogens is 2. The van der Waals surface area contributed by atoms with E-state index in [0.29, 0.717) is 23.9 Å². The molecule has 1 aromatic heterocycles. The smallest absolute Gasteiger partial charge is 0.113 e. The van der Waals surface area contributed by atoms with Gasteiger partial charge in [-0.15, -0.1) is 0 Å². The lowest BCUT2D eigenvalue weighted by atomic mass is 9.88. The molecule has 0 saturated carbocycles. The van der Waals surface area contributed by atoms with Crippen LogP contribution >= 0.6 is 11.6 Å². The molecule has 1 aliphatic rings. The molecular weight excluding hydrogens is 251 g/mol. The minimum atomic E-state index is -1.22. The zero-order chi connectivity index (χ0) is 13.0. The summed E-state index contributed by atoms with van der Waals surface area (Å²) in [5, 5.41) is 3.94. The fourth-order valence-corrected chi connectivity index (χ4v) is 2.81. The van der Waals surface area contributed by atoms with Crippen LogP contribution in [-0.4, -0.2) is 23.2 Å². The van der Waals surface area contributed by atoms with Gasteiger partial charge in [-0.25, -0.2) is 4.39 Å². The van der Waals surface area contributed by atoms with Gasteiger partial charge < -0.3 is 5.32 Å². The highest BCUT2D eigenvalue weighted by atomic mass is 35.5. The van der Waals surface area contributed by atoms with E-state index in [1.807, 2.05) is 0 Å². The van der Waals surface area contributed by atoms with E-state index in [1.165, 1.54) is 12.8 Å². The van der Waals surface area contributed by atoms with Gasteiger partial charge in [0.05, 0.1) is 5.02 Å². The van der Waals surface area contributed by atoms with Gasteiger partial charge in [-0.2, -0.15) is 0 Å². The zero-order valence-electron chi connectivity index (χ0n) is 10.8. The molecule has 1 saturated heterocycles. The summed E-state index contributed by atoms with van der Waals surface area (Å²) in [5.74, 6) is 0. The molecule has 2 atom stereocenters. The van der Waals surface area contributed by atoms with Crippen molar-refractivity contribution in [1.29, 1.82) is 0 Å². The lowest BCUT2D eigenvalue weighted by molar-refractivity contribution is 0.146. The second-order valence-corrected chi connectivity index (χ2v) is 5.82. The Morgan fingerprint density at radius 3 is 3.06 bits per heavy atom. The minimum absolute atomic E-state index is 0.300. The first kappa shape index (κ1) is 13.8. The average molecular weight is 271 g/mol. The maximum absolute atomic E-state index is 14.6. The number of piperidine rings is 1. The maximum atomic E-state index is 14.6. The Morgan fingerprint density at radius 1 is 1.56 bits per heavy atom. The molecule has 0 spiro atoms. The van der Waals surface area contributed by atoms with Crippen molar-refractivity contribution in [1.82, 2.24) is 10.3 Å². The van der Waals surface area contributed by atoms with E-state index in [4.69, 9.17) is 11.6 Å². The third-order valence-electron chi connectivity index (χ3n) is 3.50. The molecule has 0 aliphatic carbocycles. The van der Waals surface area contributed by atoms with E-state index in [2.05, 4.69) is 10.3 Å². The SMILES string of the molecule is CC(F)(Cc1ccncc1Cl)CC1CCCCN1. The molecule has 1 N–H and O–H groups in total. The summed E-state index contributed by atoms with van der Waals surface area (Å²) in [7, 11) is 0. The number of alkyl halides is 1. The molecule has 2 unspecified atom stereocenters. The van der Waals surface area contributed by atoms with Crippen LogP contribution in [0.2, 0.25) is 5.02 Å². The average Bonchev–Trinajstić information content (AvgIpc) is 2.32. The van der Waals surface area contributed by atoms with Crippen molar-refractivity contribution < 1.29 is 4.39 Å². The summed E-state index contributed by atoms with van der Waals surface area (Å²) >= 11 is 6.03. The van der Waals surface area contributed by atoms with Crippen LogP contribution in [-0.2, 0) is 6.42 Å². The van der Waals surface area contributed by atoms with E-state index in [0.717, 1.165) is 18.5 Å². The number of nitrogens with one attached hydrogen (secondary N) is 1. The molecule has 0 aromatic carbocycles. The zero-order valence-corrected chi connectivity index (χ0v) is 11.5. The van der Waals surface area contributed by atoms with Gasteiger partial charge in [0.1, 0.15) is 5.67 Å². The summed E-state index contributed by atoms with van der Waals surface area (Å²) in [4.78, 5) is 3.92. The van der Waals surface area contributed by atoms with Gasteiger partial charge in [0.25, 0.3) is 0 Å². The molecular formula is C14H20ClFN2. The van der Waals surface area contributed by atoms with E-state index in [9.17, 15) is 4.39 Å². The molecule has 2 heterocycles. The number of hydrogen-bond donors (Lipinski definition) is 1. The summed E-state index contributed by atoms with van der Waals surface area (Å²) in [6.07, 6.45) is 7.61. The monoisotopic (exact) mass is 270 g/mol. The fraction of sp³-hybridized carbons (Fsp3) is 0.643. The minimum Gasteiger partial charge on any atom is -0.314 e. The molecule has 2 rings (SSSR count). The number of aromatic nitrogens is 1. The van der Waals surface area contributed by atoms with Crippen LogP contribution in [0.25, 0.3) is 0 Å². The normalized spacial score (nSPS) is 23.6. The summed E-state index contributed by atoms with van der Waals surface area (Å²) < 4.78 is 14.6. The van der Waals surface area contributed by atoms with Crippen molar-refractivity contribution in [2.24, 2.45) is 0 Å². The van der Waals surface area contributed by atoms with E-state index in [1.54, 1.807) is 25.4 Å². The van der Waals surface area contributed by atoms with Crippen molar-refractivity contribution in [2.75, 3.05) is 6.54 Å². The van der Waals surface area contributed by atoms with E-state index in [-0.39, 0.29) is 0 Å². The standard InChI is InChI=1S/C14H20ClFN2/c1-14(16,9-12-4-2-3-6-18-12)8-11-5-7-17-10-13(11)15/h5,7,10,12,18H,2-4,6,8-9H2,1H3. The van der Waals surface area contributed by atoms with Crippen LogP contribution in [0.4, 0.5) is 4.39 Å². The Hall–Kier alpha value is -0.670. The topological polar surface area (TPSA) is 24.9 Å². The maximum Gasteiger partial charge on any atom is 0.113 e. The van der Waals surface area contributed by atoms with Crippen LogP contribution in [0, 0.1) is 0 Å². The Kier molecular flexibility index (Phi) is 4.57. The van der Waals surface area contributed by atoms with E-state index >= 15 is 0 Å². The first-order valence-electron chi connectivity index (χ1n) is 6.57. The predicted molar refractivity (Wildman–Crippen MR) is 72.7 cm³/mol. The second-order valence-electron chi connectivity index (χ2n) is 5.41. The highest BCUT2D eigenvalue weighted by Gasteiger charge is 2.29. The van der Waals surface area contributed by atoms with Gasteiger partial charge in [0.15, 0.2) is 0 Å². The van der Waals surface area contributed by atoms with Crippen LogP contribution < -0.4 is 5.32 Å². The molecule has 1 aliphatic heterocycles. The van der Waals surface area contributed by atoms with Crippen molar-refractivity contribution in [3.05, 3.63) is 29.0 Å². The summed E-state index contributed by atoms with van der Waals surface area (Å²) in [5.41, 5.74) is -0.382. The summed E-state index contributed by atoms with van der Waals surface area (Å²) in [6.45, 7) is 2.68. The van der Waals surface area contributed by atoms with Crippen molar-refractivity contribution >= 4 is 11.6 Å². The van der Waals surface area contributed by atoms with Crippen LogP contribution in [0.15, 0.2) is 18.5 Å². The number of nitrogens with zero attached hydrogens (tertiary/aromatic N) is 1. The molecule has 0 amide bonds. The fourth-order valence-electron chi connectivity index (χ4n) is 2.63. The van der Waals surface area contributed by atoms with Gasteiger partial charge in [0.2, 0.25) is 0 Å². The van der Waals surface area contributed by atoms with Gasteiger partial charge in [-0.05, 0) is 44.4 Å². The lowest BCUT2D eigenvalue weighted by Crippen LogP contribution is -2.40. The van der Waals surface area contributed by atoms with Crippen LogP contribution in [0.3, 0.4) is 0 Å². The van der Waals surface area contributed by atoms with Crippen LogP contribution in [0.1, 0.15) is 38.2 Å². The molecule has 0 radical (unpaired) electrons. The molecule has 2 nitrogen and oxygen atoms in total. The second kappa shape index (κ2) is 5.98. The van der Waals surface area contributed by atoms with Crippen molar-refractivity contribution in [3.63, 3.8) is 0 Å². The third kappa shape index (κ3) is 3.92. The molecule has 18 heavy (non-hydrogen) atoms. The van der Waals surface area contributed by atoms with Crippen LogP contribution in [0.5, 0.6) is 0 Å². The number of pyridine rings is 1. The first-order chi connectivity index (χ1) is 8.57. The molecule has 1 fully saturated rings. The third-order valence-corrected chi connectivity index (χ3v) is 3.84. The van der Waals surface area contributed by atoms with Gasteiger partial charge in [-0.1, -0.05) is 18.0 Å². The Morgan fingerprint density at radius 2 is 2.39 bits per heavy atom. The molecule has 4 heteroatoms. The highest BCUT2D eigenvalue weighted by Crippen LogP contribution is 2.28.